The van der Waals surface area contributed by atoms with Crippen LogP contribution in [0.1, 0.15) is 12.7 Å². The van der Waals surface area contributed by atoms with Crippen molar-refractivity contribution in [1.82, 2.24) is 9.97 Å². The quantitative estimate of drug-likeness (QED) is 0.877. The van der Waals surface area contributed by atoms with Crippen LogP contribution in [0.5, 0.6) is 0 Å². The monoisotopic (exact) mass is 243 g/mol. The van der Waals surface area contributed by atoms with Crippen molar-refractivity contribution in [3.05, 3.63) is 42.2 Å². The Morgan fingerprint density at radius 2 is 1.94 bits per heavy atom. The lowest BCUT2D eigenvalue weighted by molar-refractivity contribution is 0.128. The molecule has 94 valence electrons. The number of rotatable bonds is 5. The summed E-state index contributed by atoms with van der Waals surface area (Å²) in [6.45, 7) is 3.06. The maximum Gasteiger partial charge on any atom is 0.157 e. The van der Waals surface area contributed by atoms with Gasteiger partial charge in [0.2, 0.25) is 0 Å². The van der Waals surface area contributed by atoms with Crippen molar-refractivity contribution < 1.29 is 4.74 Å². The number of benzene rings is 1. The van der Waals surface area contributed by atoms with Crippen LogP contribution in [0.15, 0.2) is 36.4 Å². The van der Waals surface area contributed by atoms with E-state index in [9.17, 15) is 0 Å². The summed E-state index contributed by atoms with van der Waals surface area (Å²) in [5.41, 5.74) is 1.99. The van der Waals surface area contributed by atoms with Gasteiger partial charge in [-0.2, -0.15) is 0 Å². The minimum Gasteiger partial charge on any atom is -0.374 e. The van der Waals surface area contributed by atoms with Gasteiger partial charge in [0.15, 0.2) is 5.82 Å². The molecule has 18 heavy (non-hydrogen) atoms. The third-order valence-corrected chi connectivity index (χ3v) is 2.53. The number of hydrogen-bond acceptors (Lipinski definition) is 4. The molecule has 2 rings (SSSR count). The van der Waals surface area contributed by atoms with Gasteiger partial charge in [-0.25, -0.2) is 9.97 Å². The van der Waals surface area contributed by atoms with Crippen LogP contribution in [0, 0.1) is 0 Å². The summed E-state index contributed by atoms with van der Waals surface area (Å²) in [6, 6.07) is 12.0. The Labute approximate surface area is 107 Å². The Hall–Kier alpha value is -1.94. The second-order valence-electron chi connectivity index (χ2n) is 3.81. The number of ether oxygens (including phenoxy) is 1. The van der Waals surface area contributed by atoms with Crippen molar-refractivity contribution >= 4 is 5.82 Å². The molecule has 4 nitrogen and oxygen atoms in total. The molecule has 0 spiro atoms. The summed E-state index contributed by atoms with van der Waals surface area (Å²) in [5, 5.41) is 3.05. The molecule has 0 saturated carbocycles. The van der Waals surface area contributed by atoms with Crippen LogP contribution in [-0.2, 0) is 11.3 Å². The molecule has 0 aliphatic rings. The molecule has 1 aromatic carbocycles. The molecule has 1 N–H and O–H groups in total. The van der Waals surface area contributed by atoms with Crippen LogP contribution in [-0.4, -0.2) is 23.6 Å². The topological polar surface area (TPSA) is 47.0 Å². The lowest BCUT2D eigenvalue weighted by atomic mass is 10.1. The molecular formula is C14H17N3O. The first-order valence-corrected chi connectivity index (χ1v) is 6.02. The Morgan fingerprint density at radius 1 is 1.17 bits per heavy atom. The second-order valence-corrected chi connectivity index (χ2v) is 3.81. The highest BCUT2D eigenvalue weighted by atomic mass is 16.5. The normalized spacial score (nSPS) is 10.3. The van der Waals surface area contributed by atoms with E-state index in [1.165, 1.54) is 0 Å². The summed E-state index contributed by atoms with van der Waals surface area (Å²) in [7, 11) is 1.85. The molecule has 0 aliphatic carbocycles. The molecule has 0 bridgehead atoms. The third-order valence-electron chi connectivity index (χ3n) is 2.53. The molecule has 0 unspecified atom stereocenters. The van der Waals surface area contributed by atoms with E-state index in [1.54, 1.807) is 0 Å². The van der Waals surface area contributed by atoms with E-state index in [0.717, 1.165) is 17.1 Å². The fourth-order valence-corrected chi connectivity index (χ4v) is 1.64. The average molecular weight is 243 g/mol. The number of nitrogens with zero attached hydrogens (tertiary/aromatic N) is 2. The summed E-state index contributed by atoms with van der Waals surface area (Å²) >= 11 is 0. The van der Waals surface area contributed by atoms with E-state index < -0.39 is 0 Å². The van der Waals surface area contributed by atoms with Crippen LogP contribution < -0.4 is 5.32 Å². The molecule has 1 aromatic heterocycles. The van der Waals surface area contributed by atoms with Gasteiger partial charge in [-0.1, -0.05) is 30.3 Å². The molecule has 1 heterocycles. The first-order chi connectivity index (χ1) is 8.83. The Bertz CT molecular complexity index is 500. The third kappa shape index (κ3) is 3.05. The van der Waals surface area contributed by atoms with Gasteiger partial charge >= 0.3 is 0 Å². The standard InChI is InChI=1S/C14H17N3O/c1-3-18-10-14-16-12(9-13(15-2)17-14)11-7-5-4-6-8-11/h4-9H,3,10H2,1-2H3,(H,15,16,17). The van der Waals surface area contributed by atoms with Gasteiger partial charge in [0, 0.05) is 25.3 Å². The van der Waals surface area contributed by atoms with Gasteiger partial charge in [-0.3, -0.25) is 0 Å². The van der Waals surface area contributed by atoms with Crippen LogP contribution in [0.4, 0.5) is 5.82 Å². The molecular weight excluding hydrogens is 226 g/mol. The van der Waals surface area contributed by atoms with E-state index >= 15 is 0 Å². The van der Waals surface area contributed by atoms with Gasteiger partial charge in [0.1, 0.15) is 12.4 Å². The summed E-state index contributed by atoms with van der Waals surface area (Å²) in [4.78, 5) is 8.88. The molecule has 0 aliphatic heterocycles. The predicted molar refractivity (Wildman–Crippen MR) is 72.3 cm³/mol. The SMILES string of the molecule is CCOCc1nc(NC)cc(-c2ccccc2)n1. The number of nitrogens with one attached hydrogen (secondary N) is 1. The van der Waals surface area contributed by atoms with Crippen molar-refractivity contribution in [1.29, 1.82) is 0 Å². The maximum atomic E-state index is 5.36. The van der Waals surface area contributed by atoms with Gasteiger partial charge < -0.3 is 10.1 Å². The molecule has 0 radical (unpaired) electrons. The number of anilines is 1. The van der Waals surface area contributed by atoms with Gasteiger partial charge in [0.25, 0.3) is 0 Å². The minimum absolute atomic E-state index is 0.436. The summed E-state index contributed by atoms with van der Waals surface area (Å²) in [6.07, 6.45) is 0. The smallest absolute Gasteiger partial charge is 0.157 e. The zero-order chi connectivity index (χ0) is 12.8. The largest absolute Gasteiger partial charge is 0.374 e. The van der Waals surface area contributed by atoms with E-state index in [1.807, 2.05) is 50.4 Å². The van der Waals surface area contributed by atoms with E-state index in [-0.39, 0.29) is 0 Å². The van der Waals surface area contributed by atoms with E-state index in [2.05, 4.69) is 15.3 Å². The lowest BCUT2D eigenvalue weighted by Gasteiger charge is -2.08. The van der Waals surface area contributed by atoms with Crippen LogP contribution in [0.3, 0.4) is 0 Å². The molecule has 4 heteroatoms. The van der Waals surface area contributed by atoms with Crippen LogP contribution in [0.2, 0.25) is 0 Å². The minimum atomic E-state index is 0.436. The van der Waals surface area contributed by atoms with Crippen molar-refractivity contribution in [3.8, 4) is 11.3 Å². The summed E-state index contributed by atoms with van der Waals surface area (Å²) < 4.78 is 5.36. The zero-order valence-electron chi connectivity index (χ0n) is 10.7. The summed E-state index contributed by atoms with van der Waals surface area (Å²) in [5.74, 6) is 1.50. The highest BCUT2D eigenvalue weighted by Crippen LogP contribution is 2.19. The number of aromatic nitrogens is 2. The molecule has 0 amide bonds. The van der Waals surface area contributed by atoms with Gasteiger partial charge in [-0.15, -0.1) is 0 Å². The van der Waals surface area contributed by atoms with Crippen molar-refractivity contribution in [2.75, 3.05) is 19.0 Å². The fourth-order valence-electron chi connectivity index (χ4n) is 1.64. The molecule has 0 saturated heterocycles. The van der Waals surface area contributed by atoms with Crippen LogP contribution in [0.25, 0.3) is 11.3 Å². The van der Waals surface area contributed by atoms with Crippen molar-refractivity contribution in [2.45, 2.75) is 13.5 Å². The van der Waals surface area contributed by atoms with Crippen molar-refractivity contribution in [3.63, 3.8) is 0 Å². The van der Waals surface area contributed by atoms with Gasteiger partial charge in [0.05, 0.1) is 5.69 Å². The highest BCUT2D eigenvalue weighted by molar-refractivity contribution is 5.62. The fraction of sp³-hybridized carbons (Fsp3) is 0.286. The van der Waals surface area contributed by atoms with E-state index in [4.69, 9.17) is 4.74 Å². The maximum absolute atomic E-state index is 5.36. The highest BCUT2D eigenvalue weighted by Gasteiger charge is 2.05. The van der Waals surface area contributed by atoms with Gasteiger partial charge in [-0.05, 0) is 6.92 Å². The molecule has 0 atom stereocenters. The average Bonchev–Trinajstić information content (AvgIpc) is 2.45. The van der Waals surface area contributed by atoms with Crippen molar-refractivity contribution in [2.24, 2.45) is 0 Å². The Balaban J connectivity index is 2.35. The lowest BCUT2D eigenvalue weighted by Crippen LogP contribution is -2.03. The predicted octanol–water partition coefficient (Wildman–Crippen LogP) is 2.72. The first-order valence-electron chi connectivity index (χ1n) is 6.02. The first kappa shape index (κ1) is 12.5. The number of hydrogen-bond donors (Lipinski definition) is 1. The second kappa shape index (κ2) is 6.12. The Kier molecular flexibility index (Phi) is 4.25. The zero-order valence-corrected chi connectivity index (χ0v) is 10.7. The molecule has 0 fully saturated rings. The Morgan fingerprint density at radius 3 is 2.61 bits per heavy atom. The van der Waals surface area contributed by atoms with E-state index in [0.29, 0.717) is 19.0 Å². The van der Waals surface area contributed by atoms with Crippen LogP contribution >= 0.6 is 0 Å². The molecule has 2 aromatic rings.